The molecule has 1 aromatic carbocycles. The third-order valence-electron chi connectivity index (χ3n) is 2.33. The number of hydrogen-bond donors (Lipinski definition) is 0. The van der Waals surface area contributed by atoms with E-state index in [4.69, 9.17) is 0 Å². The highest BCUT2D eigenvalue weighted by Gasteiger charge is 2.07. The second-order valence-corrected chi connectivity index (χ2v) is 3.11. The summed E-state index contributed by atoms with van der Waals surface area (Å²) < 4.78 is 0. The topological polar surface area (TPSA) is 34.0 Å². The summed E-state index contributed by atoms with van der Waals surface area (Å²) in [5.41, 5.74) is 2.01. The second kappa shape index (κ2) is 3.65. The number of para-hydroxylation sites is 1. The van der Waals surface area contributed by atoms with Gasteiger partial charge >= 0.3 is 0 Å². The number of nitrogens with zero attached hydrogens (tertiary/aromatic N) is 4. The van der Waals surface area contributed by atoms with Crippen molar-refractivity contribution in [3.63, 3.8) is 0 Å². The van der Waals surface area contributed by atoms with Crippen molar-refractivity contribution in [3.05, 3.63) is 24.3 Å². The Morgan fingerprint density at radius 2 is 1.93 bits per heavy atom. The van der Waals surface area contributed by atoms with Gasteiger partial charge in [0.15, 0.2) is 0 Å². The predicted octanol–water partition coefficient (Wildman–Crippen LogP) is 1.41. The maximum atomic E-state index is 4.13. The zero-order valence-corrected chi connectivity index (χ0v) is 8.51. The van der Waals surface area contributed by atoms with Crippen molar-refractivity contribution in [2.24, 2.45) is 0 Å². The Kier molecular flexibility index (Phi) is 2.35. The first kappa shape index (κ1) is 8.99. The van der Waals surface area contributed by atoms with Gasteiger partial charge in [0.1, 0.15) is 11.0 Å². The van der Waals surface area contributed by atoms with Gasteiger partial charge in [-0.2, -0.15) is 4.79 Å². The minimum Gasteiger partial charge on any atom is -0.296 e. The molecule has 0 saturated heterocycles. The monoisotopic (exact) mass is 190 g/mol. The lowest BCUT2D eigenvalue weighted by Crippen LogP contribution is -2.34. The summed E-state index contributed by atoms with van der Waals surface area (Å²) in [6.07, 6.45) is 0. The molecule has 2 rings (SSSR count). The van der Waals surface area contributed by atoms with Gasteiger partial charge in [-0.05, 0) is 31.2 Å². The lowest BCUT2D eigenvalue weighted by molar-refractivity contribution is 0.553. The average molecular weight is 190 g/mol. The molecule has 0 aliphatic heterocycles. The molecule has 0 radical (unpaired) electrons. The van der Waals surface area contributed by atoms with E-state index in [0.717, 1.165) is 24.1 Å². The van der Waals surface area contributed by atoms with Crippen molar-refractivity contribution in [2.45, 2.75) is 13.8 Å². The van der Waals surface area contributed by atoms with E-state index in [-0.39, 0.29) is 0 Å². The molecule has 0 N–H and O–H groups in total. The Hall–Kier alpha value is -1.58. The molecule has 14 heavy (non-hydrogen) atoms. The summed E-state index contributed by atoms with van der Waals surface area (Å²) in [5.74, 6) is 0. The number of hydrogen-bond acceptors (Lipinski definition) is 3. The van der Waals surface area contributed by atoms with Crippen LogP contribution < -0.4 is 5.01 Å². The molecule has 1 aromatic heterocycles. The van der Waals surface area contributed by atoms with E-state index in [1.165, 1.54) is 0 Å². The first-order valence-corrected chi connectivity index (χ1v) is 4.92. The molecular weight excluding hydrogens is 176 g/mol. The Bertz CT molecular complexity index is 417. The molecule has 0 unspecified atom stereocenters. The summed E-state index contributed by atoms with van der Waals surface area (Å²) in [6.45, 7) is 6.09. The van der Waals surface area contributed by atoms with Crippen LogP contribution in [0.5, 0.6) is 0 Å². The minimum absolute atomic E-state index is 0.934. The molecule has 1 heterocycles. The maximum Gasteiger partial charge on any atom is 0.115 e. The highest BCUT2D eigenvalue weighted by molar-refractivity contribution is 5.74. The average Bonchev–Trinajstić information content (AvgIpc) is 2.65. The zero-order valence-electron chi connectivity index (χ0n) is 8.51. The van der Waals surface area contributed by atoms with Gasteiger partial charge in [-0.1, -0.05) is 12.1 Å². The van der Waals surface area contributed by atoms with E-state index in [9.17, 15) is 0 Å². The number of aromatic nitrogens is 3. The molecule has 0 amide bonds. The van der Waals surface area contributed by atoms with Crippen molar-refractivity contribution in [3.8, 4) is 0 Å². The molecule has 2 aromatic rings. The van der Waals surface area contributed by atoms with E-state index < -0.39 is 0 Å². The van der Waals surface area contributed by atoms with Gasteiger partial charge in [0.2, 0.25) is 0 Å². The minimum atomic E-state index is 0.934. The quantitative estimate of drug-likeness (QED) is 0.733. The van der Waals surface area contributed by atoms with Crippen LogP contribution in [0, 0.1) is 0 Å². The summed E-state index contributed by atoms with van der Waals surface area (Å²) in [5, 5.41) is 10.4. The van der Waals surface area contributed by atoms with Crippen molar-refractivity contribution < 1.29 is 0 Å². The van der Waals surface area contributed by atoms with Gasteiger partial charge in [0.05, 0.1) is 0 Å². The summed E-state index contributed by atoms with van der Waals surface area (Å²) in [4.78, 5) is 1.87. The van der Waals surface area contributed by atoms with Gasteiger partial charge in [0.25, 0.3) is 0 Å². The summed E-state index contributed by atoms with van der Waals surface area (Å²) >= 11 is 0. The third-order valence-corrected chi connectivity index (χ3v) is 2.33. The van der Waals surface area contributed by atoms with Crippen molar-refractivity contribution in [1.29, 1.82) is 0 Å². The number of fused-ring (bicyclic) bond motifs is 1. The maximum absolute atomic E-state index is 4.13. The fourth-order valence-electron chi connectivity index (χ4n) is 1.56. The van der Waals surface area contributed by atoms with Crippen LogP contribution >= 0.6 is 0 Å². The van der Waals surface area contributed by atoms with E-state index in [0.29, 0.717) is 0 Å². The van der Waals surface area contributed by atoms with Gasteiger partial charge in [-0.3, -0.25) is 5.01 Å². The van der Waals surface area contributed by atoms with Gasteiger partial charge in [-0.25, -0.2) is 0 Å². The Balaban J connectivity index is 2.51. The van der Waals surface area contributed by atoms with Crippen LogP contribution in [0.3, 0.4) is 0 Å². The van der Waals surface area contributed by atoms with E-state index in [1.807, 2.05) is 29.1 Å². The Morgan fingerprint density at radius 3 is 2.64 bits per heavy atom. The van der Waals surface area contributed by atoms with Crippen LogP contribution in [0.2, 0.25) is 0 Å². The standard InChI is InChI=1S/C10H14N4/c1-3-13(4-2)14-10-8-6-5-7-9(10)11-12-14/h5-8H,3-4H2,1-2H3. The number of rotatable bonds is 3. The van der Waals surface area contributed by atoms with Crippen molar-refractivity contribution in [2.75, 3.05) is 18.1 Å². The van der Waals surface area contributed by atoms with Crippen LogP contribution in [0.4, 0.5) is 0 Å². The molecule has 0 fully saturated rings. The largest absolute Gasteiger partial charge is 0.296 e. The predicted molar refractivity (Wildman–Crippen MR) is 56.8 cm³/mol. The third kappa shape index (κ3) is 1.32. The van der Waals surface area contributed by atoms with Crippen LogP contribution in [0.15, 0.2) is 24.3 Å². The highest BCUT2D eigenvalue weighted by atomic mass is 15.7. The molecular formula is C10H14N4. The van der Waals surface area contributed by atoms with Gasteiger partial charge in [0, 0.05) is 13.1 Å². The van der Waals surface area contributed by atoms with Crippen LogP contribution in [-0.4, -0.2) is 28.2 Å². The Labute approximate surface area is 83.1 Å². The first-order chi connectivity index (χ1) is 6.86. The van der Waals surface area contributed by atoms with Crippen molar-refractivity contribution >= 4 is 11.0 Å². The van der Waals surface area contributed by atoms with Gasteiger partial charge < -0.3 is 0 Å². The van der Waals surface area contributed by atoms with Gasteiger partial charge in [-0.15, -0.1) is 5.10 Å². The molecule has 0 spiro atoms. The molecule has 0 saturated carbocycles. The lowest BCUT2D eigenvalue weighted by atomic mass is 10.3. The van der Waals surface area contributed by atoms with E-state index in [2.05, 4.69) is 29.2 Å². The SMILES string of the molecule is CCN(CC)n1nnc2ccccc21. The summed E-state index contributed by atoms with van der Waals surface area (Å²) in [7, 11) is 0. The normalized spacial score (nSPS) is 10.7. The second-order valence-electron chi connectivity index (χ2n) is 3.11. The fourth-order valence-corrected chi connectivity index (χ4v) is 1.56. The molecule has 0 bridgehead atoms. The zero-order chi connectivity index (χ0) is 9.97. The highest BCUT2D eigenvalue weighted by Crippen LogP contribution is 2.09. The lowest BCUT2D eigenvalue weighted by Gasteiger charge is -2.20. The first-order valence-electron chi connectivity index (χ1n) is 4.92. The van der Waals surface area contributed by atoms with E-state index >= 15 is 0 Å². The molecule has 4 heteroatoms. The number of benzene rings is 1. The van der Waals surface area contributed by atoms with E-state index in [1.54, 1.807) is 0 Å². The van der Waals surface area contributed by atoms with Crippen LogP contribution in [-0.2, 0) is 0 Å². The fraction of sp³-hybridized carbons (Fsp3) is 0.400. The van der Waals surface area contributed by atoms with Crippen LogP contribution in [0.25, 0.3) is 11.0 Å². The summed E-state index contributed by atoms with van der Waals surface area (Å²) in [6, 6.07) is 7.99. The molecule has 0 atom stereocenters. The molecule has 4 nitrogen and oxygen atoms in total. The molecule has 0 aliphatic rings. The van der Waals surface area contributed by atoms with Crippen molar-refractivity contribution in [1.82, 2.24) is 15.1 Å². The molecule has 74 valence electrons. The van der Waals surface area contributed by atoms with Crippen LogP contribution in [0.1, 0.15) is 13.8 Å². The molecule has 0 aliphatic carbocycles. The smallest absolute Gasteiger partial charge is 0.115 e. The Morgan fingerprint density at radius 1 is 1.21 bits per heavy atom.